The van der Waals surface area contributed by atoms with Crippen molar-refractivity contribution in [3.05, 3.63) is 0 Å². The molecule has 0 radical (unpaired) electrons. The predicted octanol–water partition coefficient (Wildman–Crippen LogP) is -2.53. The van der Waals surface area contributed by atoms with Gasteiger partial charge >= 0.3 is 0 Å². The van der Waals surface area contributed by atoms with E-state index in [9.17, 15) is 0 Å². The van der Waals surface area contributed by atoms with Gasteiger partial charge in [-0.1, -0.05) is 0 Å². The molecule has 0 fully saturated rings. The molecular formula is C12H28BrNO4. The molecule has 112 valence electrons. The van der Waals surface area contributed by atoms with Crippen LogP contribution in [0.2, 0.25) is 0 Å². The summed E-state index contributed by atoms with van der Waals surface area (Å²) in [5, 5.41) is 8.83. The number of methoxy groups -OCH3 is 1. The van der Waals surface area contributed by atoms with Crippen LogP contribution in [-0.2, 0) is 14.2 Å². The fourth-order valence-corrected chi connectivity index (χ4v) is 1.38. The summed E-state index contributed by atoms with van der Waals surface area (Å²) in [6.45, 7) is 5.59. The highest BCUT2D eigenvalue weighted by atomic mass is 79.9. The Hall–Kier alpha value is 0.280. The predicted molar refractivity (Wildman–Crippen MR) is 66.8 cm³/mol. The Morgan fingerprint density at radius 2 is 1.72 bits per heavy atom. The van der Waals surface area contributed by atoms with Crippen LogP contribution in [-0.4, -0.2) is 76.6 Å². The quantitative estimate of drug-likeness (QED) is 0.258. The van der Waals surface area contributed by atoms with E-state index < -0.39 is 0 Å². The Bertz CT molecular complexity index is 181. The maximum atomic E-state index is 8.83. The number of ether oxygens (including phenoxy) is 3. The van der Waals surface area contributed by atoms with Gasteiger partial charge in [-0.25, -0.2) is 0 Å². The van der Waals surface area contributed by atoms with E-state index in [1.165, 1.54) is 0 Å². The number of quaternary nitrogens is 1. The molecule has 18 heavy (non-hydrogen) atoms. The van der Waals surface area contributed by atoms with Gasteiger partial charge in [0.25, 0.3) is 0 Å². The van der Waals surface area contributed by atoms with Gasteiger partial charge in [0.05, 0.1) is 47.1 Å². The third-order valence-electron chi connectivity index (χ3n) is 2.90. The van der Waals surface area contributed by atoms with E-state index in [-0.39, 0.29) is 29.8 Å². The third kappa shape index (κ3) is 10.2. The lowest BCUT2D eigenvalue weighted by atomic mass is 10.3. The van der Waals surface area contributed by atoms with Crippen LogP contribution >= 0.6 is 0 Å². The number of nitrogens with zero attached hydrogens (tertiary/aromatic N) is 1. The summed E-state index contributed by atoms with van der Waals surface area (Å²) in [4.78, 5) is 0. The maximum absolute atomic E-state index is 8.83. The number of hydrogen-bond donors (Lipinski definition) is 1. The average Bonchev–Trinajstić information content (AvgIpc) is 2.30. The van der Waals surface area contributed by atoms with Crippen molar-refractivity contribution in [2.24, 2.45) is 0 Å². The first kappa shape index (κ1) is 20.6. The van der Waals surface area contributed by atoms with Crippen LogP contribution in [0.15, 0.2) is 0 Å². The van der Waals surface area contributed by atoms with Gasteiger partial charge in [0, 0.05) is 27.1 Å². The van der Waals surface area contributed by atoms with E-state index >= 15 is 0 Å². The summed E-state index contributed by atoms with van der Waals surface area (Å²) in [5.41, 5.74) is 0. The number of halogens is 1. The molecule has 5 nitrogen and oxygen atoms in total. The monoisotopic (exact) mass is 329 g/mol. The second-order valence-electron chi connectivity index (χ2n) is 4.65. The van der Waals surface area contributed by atoms with Crippen molar-refractivity contribution >= 4 is 0 Å². The Balaban J connectivity index is 0. The molecule has 6 heteroatoms. The molecule has 1 unspecified atom stereocenters. The Morgan fingerprint density at radius 1 is 1.11 bits per heavy atom. The molecule has 0 spiro atoms. The van der Waals surface area contributed by atoms with Gasteiger partial charge in [-0.15, -0.1) is 0 Å². The summed E-state index contributed by atoms with van der Waals surface area (Å²) in [6.07, 6.45) is 0.901. The molecule has 0 heterocycles. The van der Waals surface area contributed by atoms with Crippen LogP contribution in [0.5, 0.6) is 0 Å². The van der Waals surface area contributed by atoms with Crippen molar-refractivity contribution in [2.75, 3.05) is 60.8 Å². The molecule has 0 aliphatic rings. The first-order valence-electron chi connectivity index (χ1n) is 6.16. The smallest absolute Gasteiger partial charge is 0.190 e. The summed E-state index contributed by atoms with van der Waals surface area (Å²) >= 11 is 0. The van der Waals surface area contributed by atoms with Gasteiger partial charge in [-0.2, -0.15) is 0 Å². The van der Waals surface area contributed by atoms with E-state index in [0.717, 1.165) is 17.4 Å². The normalized spacial score (nSPS) is 13.2. The van der Waals surface area contributed by atoms with E-state index in [4.69, 9.17) is 19.3 Å². The van der Waals surface area contributed by atoms with E-state index in [1.807, 2.05) is 6.92 Å². The standard InChI is InChI=1S/C12H28NO4.BrH/c1-12(13(2,3)6-5-7-14)17-11-10-16-9-8-15-4;/h12,14H,5-11H2,1-4H3;1H/q+1;/p-1. The van der Waals surface area contributed by atoms with Gasteiger partial charge in [0.1, 0.15) is 0 Å². The Kier molecular flexibility index (Phi) is 14.1. The van der Waals surface area contributed by atoms with Crippen molar-refractivity contribution in [2.45, 2.75) is 19.6 Å². The van der Waals surface area contributed by atoms with Gasteiger partial charge in [0.2, 0.25) is 0 Å². The first-order chi connectivity index (χ1) is 8.04. The lowest BCUT2D eigenvalue weighted by Crippen LogP contribution is -3.00. The van der Waals surface area contributed by atoms with Crippen molar-refractivity contribution in [1.82, 2.24) is 0 Å². The molecule has 0 aromatic carbocycles. The van der Waals surface area contributed by atoms with Crippen LogP contribution in [0.3, 0.4) is 0 Å². The van der Waals surface area contributed by atoms with Crippen LogP contribution in [0.25, 0.3) is 0 Å². The molecule has 0 bridgehead atoms. The summed E-state index contributed by atoms with van der Waals surface area (Å²) in [6, 6.07) is 0. The second kappa shape index (κ2) is 12.3. The number of aliphatic hydroxyl groups excluding tert-OH is 1. The molecule has 0 aromatic rings. The minimum Gasteiger partial charge on any atom is -1.00 e. The van der Waals surface area contributed by atoms with Crippen LogP contribution in [0, 0.1) is 0 Å². The zero-order valence-electron chi connectivity index (χ0n) is 12.0. The fourth-order valence-electron chi connectivity index (χ4n) is 1.38. The zero-order chi connectivity index (χ0) is 13.1. The van der Waals surface area contributed by atoms with Crippen molar-refractivity contribution in [3.63, 3.8) is 0 Å². The molecule has 0 rings (SSSR count). The van der Waals surface area contributed by atoms with Crippen molar-refractivity contribution in [1.29, 1.82) is 0 Å². The molecule has 0 saturated heterocycles. The van der Waals surface area contributed by atoms with Gasteiger partial charge in [-0.3, -0.25) is 0 Å². The highest BCUT2D eigenvalue weighted by molar-refractivity contribution is 4.40. The van der Waals surface area contributed by atoms with Crippen molar-refractivity contribution in [3.8, 4) is 0 Å². The molecule has 1 atom stereocenters. The maximum Gasteiger partial charge on any atom is 0.190 e. The summed E-state index contributed by atoms with van der Waals surface area (Å²) in [7, 11) is 5.86. The Morgan fingerprint density at radius 3 is 2.28 bits per heavy atom. The fraction of sp³-hybridized carbons (Fsp3) is 1.00. The van der Waals surface area contributed by atoms with E-state index in [0.29, 0.717) is 26.4 Å². The third-order valence-corrected chi connectivity index (χ3v) is 2.90. The highest BCUT2D eigenvalue weighted by Gasteiger charge is 2.23. The van der Waals surface area contributed by atoms with Gasteiger partial charge in [-0.05, 0) is 0 Å². The number of hydrogen-bond acceptors (Lipinski definition) is 4. The molecule has 0 saturated carbocycles. The SMILES string of the molecule is COCCOCCOC(C)[N+](C)(C)CCCO.[Br-]. The van der Waals surface area contributed by atoms with Crippen LogP contribution in [0.1, 0.15) is 13.3 Å². The molecule has 0 aliphatic heterocycles. The van der Waals surface area contributed by atoms with Gasteiger partial charge in [0.15, 0.2) is 6.23 Å². The topological polar surface area (TPSA) is 47.9 Å². The largest absolute Gasteiger partial charge is 1.00 e. The first-order valence-corrected chi connectivity index (χ1v) is 6.16. The average molecular weight is 330 g/mol. The van der Waals surface area contributed by atoms with Crippen LogP contribution in [0.4, 0.5) is 0 Å². The molecular weight excluding hydrogens is 302 g/mol. The summed E-state index contributed by atoms with van der Waals surface area (Å²) in [5.74, 6) is 0. The van der Waals surface area contributed by atoms with Crippen LogP contribution < -0.4 is 17.0 Å². The zero-order valence-corrected chi connectivity index (χ0v) is 13.6. The second-order valence-corrected chi connectivity index (χ2v) is 4.65. The van der Waals surface area contributed by atoms with E-state index in [1.54, 1.807) is 7.11 Å². The van der Waals surface area contributed by atoms with E-state index in [2.05, 4.69) is 14.1 Å². The minimum absolute atomic E-state index is 0. The van der Waals surface area contributed by atoms with Gasteiger partial charge < -0.3 is 40.8 Å². The molecule has 0 aromatic heterocycles. The minimum atomic E-state index is 0. The molecule has 0 aliphatic carbocycles. The molecule has 1 N–H and O–H groups in total. The lowest BCUT2D eigenvalue weighted by Gasteiger charge is -2.35. The summed E-state index contributed by atoms with van der Waals surface area (Å²) < 4.78 is 16.7. The highest BCUT2D eigenvalue weighted by Crippen LogP contribution is 2.08. The number of rotatable bonds is 11. The lowest BCUT2D eigenvalue weighted by molar-refractivity contribution is -0.935. The van der Waals surface area contributed by atoms with Crippen molar-refractivity contribution < 1.29 is 40.8 Å². The molecule has 0 amide bonds. The number of aliphatic hydroxyl groups is 1. The Labute approximate surface area is 121 Å².